The number of thioether (sulfide) groups is 1. The van der Waals surface area contributed by atoms with Crippen molar-refractivity contribution in [3.8, 4) is 5.75 Å². The van der Waals surface area contributed by atoms with Gasteiger partial charge in [-0.1, -0.05) is 11.6 Å². The van der Waals surface area contributed by atoms with Crippen molar-refractivity contribution in [3.63, 3.8) is 0 Å². The van der Waals surface area contributed by atoms with Gasteiger partial charge in [0.15, 0.2) is 6.29 Å². The molecule has 0 aliphatic carbocycles. The van der Waals surface area contributed by atoms with Gasteiger partial charge in [-0.25, -0.2) is 0 Å². The van der Waals surface area contributed by atoms with Gasteiger partial charge < -0.3 is 19.8 Å². The molecular weight excluding hydrogens is 388 g/mol. The molecule has 0 saturated heterocycles. The molecule has 0 bridgehead atoms. The maximum atomic E-state index is 12.8. The zero-order valence-electron chi connectivity index (χ0n) is 15.5. The molecule has 2 unspecified atom stereocenters. The van der Waals surface area contributed by atoms with Crippen LogP contribution in [0.2, 0.25) is 5.02 Å². The van der Waals surface area contributed by atoms with E-state index in [0.29, 0.717) is 27.5 Å². The first kappa shape index (κ1) is 19.8. The van der Waals surface area contributed by atoms with Gasteiger partial charge in [-0.2, -0.15) is 0 Å². The number of aromatic amines is 1. The Morgan fingerprint density at radius 2 is 2.07 bits per heavy atom. The first-order valence-electron chi connectivity index (χ1n) is 8.50. The van der Waals surface area contributed by atoms with E-state index < -0.39 is 6.29 Å². The molecule has 0 radical (unpaired) electrons. The fourth-order valence-corrected chi connectivity index (χ4v) is 4.07. The Hall–Kier alpha value is -1.96. The predicted molar refractivity (Wildman–Crippen MR) is 106 cm³/mol. The van der Waals surface area contributed by atoms with E-state index in [4.69, 9.17) is 21.1 Å². The molecule has 8 heteroatoms. The van der Waals surface area contributed by atoms with E-state index in [-0.39, 0.29) is 24.1 Å². The lowest BCUT2D eigenvalue weighted by Crippen LogP contribution is -2.31. The van der Waals surface area contributed by atoms with Crippen molar-refractivity contribution in [2.75, 3.05) is 6.26 Å². The number of amides is 1. The third-order valence-electron chi connectivity index (χ3n) is 4.32. The second kappa shape index (κ2) is 7.96. The first-order valence-corrected chi connectivity index (χ1v) is 10.1. The van der Waals surface area contributed by atoms with Gasteiger partial charge >= 0.3 is 0 Å². The number of fused-ring (bicyclic) bond motifs is 1. The van der Waals surface area contributed by atoms with Gasteiger partial charge in [0, 0.05) is 33.3 Å². The van der Waals surface area contributed by atoms with Crippen LogP contribution in [0.1, 0.15) is 47.1 Å². The summed E-state index contributed by atoms with van der Waals surface area (Å²) in [5.74, 6) is 0.200. The summed E-state index contributed by atoms with van der Waals surface area (Å²) in [7, 11) is 0. The number of nitrogens with one attached hydrogen (secondary N) is 2. The minimum absolute atomic E-state index is 0.110. The molecule has 0 saturated carbocycles. The SMILES string of the molecule is CSc1cc(C)[nH]c(=O)c1CNC(=O)c1cc(Cl)cc2c1C(C)OC(C)O2. The van der Waals surface area contributed by atoms with Crippen LogP contribution in [0.4, 0.5) is 0 Å². The number of hydrogen-bond acceptors (Lipinski definition) is 5. The van der Waals surface area contributed by atoms with Crippen LogP contribution in [0.15, 0.2) is 27.9 Å². The molecule has 2 aromatic rings. The monoisotopic (exact) mass is 408 g/mol. The van der Waals surface area contributed by atoms with Crippen molar-refractivity contribution in [3.05, 3.63) is 56.0 Å². The molecule has 6 nitrogen and oxygen atoms in total. The van der Waals surface area contributed by atoms with Crippen LogP contribution in [0.3, 0.4) is 0 Å². The fourth-order valence-electron chi connectivity index (χ4n) is 3.16. The molecule has 2 N–H and O–H groups in total. The Bertz CT molecular complexity index is 944. The highest BCUT2D eigenvalue weighted by Gasteiger charge is 2.29. The lowest BCUT2D eigenvalue weighted by Gasteiger charge is -2.30. The number of benzene rings is 1. The Morgan fingerprint density at radius 3 is 2.78 bits per heavy atom. The Balaban J connectivity index is 1.89. The van der Waals surface area contributed by atoms with E-state index in [1.165, 1.54) is 11.8 Å². The quantitative estimate of drug-likeness (QED) is 0.752. The zero-order valence-corrected chi connectivity index (χ0v) is 17.1. The van der Waals surface area contributed by atoms with E-state index in [2.05, 4.69) is 10.3 Å². The summed E-state index contributed by atoms with van der Waals surface area (Å²) in [5, 5.41) is 3.22. The number of pyridine rings is 1. The van der Waals surface area contributed by atoms with E-state index in [0.717, 1.165) is 10.6 Å². The molecule has 144 valence electrons. The van der Waals surface area contributed by atoms with Gasteiger partial charge in [0.25, 0.3) is 11.5 Å². The second-order valence-corrected chi connectivity index (χ2v) is 7.62. The average Bonchev–Trinajstić information content (AvgIpc) is 2.58. The average molecular weight is 409 g/mol. The Labute approximate surface area is 166 Å². The highest BCUT2D eigenvalue weighted by atomic mass is 35.5. The van der Waals surface area contributed by atoms with E-state index in [1.807, 2.05) is 26.2 Å². The van der Waals surface area contributed by atoms with E-state index in [1.54, 1.807) is 19.1 Å². The summed E-state index contributed by atoms with van der Waals surface area (Å²) in [6.45, 7) is 5.58. The Kier molecular flexibility index (Phi) is 5.83. The number of halogens is 1. The van der Waals surface area contributed by atoms with Gasteiger partial charge in [-0.15, -0.1) is 11.8 Å². The maximum Gasteiger partial charge on any atom is 0.254 e. The third-order valence-corrected chi connectivity index (χ3v) is 5.34. The van der Waals surface area contributed by atoms with Gasteiger partial charge in [-0.3, -0.25) is 9.59 Å². The largest absolute Gasteiger partial charge is 0.465 e. The molecule has 0 spiro atoms. The van der Waals surface area contributed by atoms with E-state index >= 15 is 0 Å². The number of aromatic nitrogens is 1. The van der Waals surface area contributed by atoms with Crippen LogP contribution in [0, 0.1) is 6.92 Å². The standard InChI is InChI=1S/C19H21ClN2O4S/c1-9-5-16(27-4)14(19(24)22-9)8-21-18(23)13-6-12(20)7-15-17(13)10(2)25-11(3)26-15/h5-7,10-11H,8H2,1-4H3,(H,21,23)(H,22,24). The number of aryl methyl sites for hydroxylation is 1. The molecule has 1 amide bonds. The van der Waals surface area contributed by atoms with Gasteiger partial charge in [0.2, 0.25) is 0 Å². The third kappa shape index (κ3) is 4.15. The topological polar surface area (TPSA) is 80.4 Å². The minimum atomic E-state index is -0.419. The molecule has 1 aliphatic rings. The molecule has 1 aromatic heterocycles. The van der Waals surface area contributed by atoms with Crippen molar-refractivity contribution in [2.24, 2.45) is 0 Å². The molecular formula is C19H21ClN2O4S. The summed E-state index contributed by atoms with van der Waals surface area (Å²) in [6.07, 6.45) is 1.16. The molecule has 2 heterocycles. The van der Waals surface area contributed by atoms with Crippen molar-refractivity contribution >= 4 is 29.3 Å². The van der Waals surface area contributed by atoms with Crippen molar-refractivity contribution in [1.29, 1.82) is 0 Å². The lowest BCUT2D eigenvalue weighted by atomic mass is 10.00. The summed E-state index contributed by atoms with van der Waals surface area (Å²) in [4.78, 5) is 28.7. The number of ether oxygens (including phenoxy) is 2. The van der Waals surface area contributed by atoms with Gasteiger partial charge in [0.05, 0.1) is 11.7 Å². The zero-order chi connectivity index (χ0) is 19.7. The number of rotatable bonds is 4. The second-order valence-electron chi connectivity index (χ2n) is 6.34. The van der Waals surface area contributed by atoms with Crippen LogP contribution >= 0.6 is 23.4 Å². The molecule has 2 atom stereocenters. The molecule has 3 rings (SSSR count). The smallest absolute Gasteiger partial charge is 0.254 e. The number of carbonyl (C=O) groups is 1. The molecule has 27 heavy (non-hydrogen) atoms. The van der Waals surface area contributed by atoms with Crippen LogP contribution in [0.5, 0.6) is 5.75 Å². The summed E-state index contributed by atoms with van der Waals surface area (Å²) in [6, 6.07) is 5.16. The summed E-state index contributed by atoms with van der Waals surface area (Å²) in [5.41, 5.74) is 2.12. The van der Waals surface area contributed by atoms with Crippen LogP contribution in [0.25, 0.3) is 0 Å². The van der Waals surface area contributed by atoms with Gasteiger partial charge in [-0.05, 0) is 45.2 Å². The predicted octanol–water partition coefficient (Wildman–Crippen LogP) is 3.80. The lowest BCUT2D eigenvalue weighted by molar-refractivity contribution is -0.123. The van der Waals surface area contributed by atoms with Crippen LogP contribution in [-0.4, -0.2) is 23.4 Å². The first-order chi connectivity index (χ1) is 12.8. The van der Waals surface area contributed by atoms with Crippen molar-refractivity contribution in [2.45, 2.75) is 44.6 Å². The number of hydrogen-bond donors (Lipinski definition) is 2. The molecule has 1 aromatic carbocycles. The molecule has 0 fully saturated rings. The fraction of sp³-hybridized carbons (Fsp3) is 0.368. The highest BCUT2D eigenvalue weighted by molar-refractivity contribution is 7.98. The number of carbonyl (C=O) groups excluding carboxylic acids is 1. The van der Waals surface area contributed by atoms with Crippen molar-refractivity contribution in [1.82, 2.24) is 10.3 Å². The summed E-state index contributed by atoms with van der Waals surface area (Å²) >= 11 is 7.63. The summed E-state index contributed by atoms with van der Waals surface area (Å²) < 4.78 is 11.3. The van der Waals surface area contributed by atoms with Crippen molar-refractivity contribution < 1.29 is 14.3 Å². The van der Waals surface area contributed by atoms with Crippen LogP contribution in [-0.2, 0) is 11.3 Å². The van der Waals surface area contributed by atoms with Crippen LogP contribution < -0.4 is 15.6 Å². The highest BCUT2D eigenvalue weighted by Crippen LogP contribution is 2.38. The number of H-pyrrole nitrogens is 1. The Morgan fingerprint density at radius 1 is 1.33 bits per heavy atom. The normalized spacial score (nSPS) is 18.6. The maximum absolute atomic E-state index is 12.8. The molecule has 1 aliphatic heterocycles. The van der Waals surface area contributed by atoms with Gasteiger partial charge in [0.1, 0.15) is 5.75 Å². The minimum Gasteiger partial charge on any atom is -0.465 e. The van der Waals surface area contributed by atoms with E-state index in [9.17, 15) is 9.59 Å².